The zero-order valence-corrected chi connectivity index (χ0v) is 13.5. The van der Waals surface area contributed by atoms with Crippen molar-refractivity contribution < 1.29 is 4.79 Å². The van der Waals surface area contributed by atoms with E-state index in [4.69, 9.17) is 0 Å². The molecule has 2 aromatic rings. The zero-order chi connectivity index (χ0) is 14.1. The minimum Gasteiger partial charge on any atom is -0.314 e. The first-order valence-electron chi connectivity index (χ1n) is 7.56. The van der Waals surface area contributed by atoms with Gasteiger partial charge in [-0.3, -0.25) is 9.36 Å². The van der Waals surface area contributed by atoms with Gasteiger partial charge < -0.3 is 5.32 Å². The number of nitrogens with zero attached hydrogens (tertiary/aromatic N) is 1. The summed E-state index contributed by atoms with van der Waals surface area (Å²) in [5.74, 6) is 0.255. The Bertz CT molecular complexity index is 646. The molecule has 3 nitrogen and oxygen atoms in total. The third-order valence-corrected chi connectivity index (χ3v) is 4.07. The van der Waals surface area contributed by atoms with Crippen LogP contribution in [0.5, 0.6) is 0 Å². The highest BCUT2D eigenvalue weighted by Gasteiger charge is 2.23. The average molecular weight is 307 g/mol. The Morgan fingerprint density at radius 3 is 2.76 bits per heavy atom. The van der Waals surface area contributed by atoms with Crippen LogP contribution in [-0.4, -0.2) is 23.1 Å². The fourth-order valence-corrected chi connectivity index (χ4v) is 3.19. The lowest BCUT2D eigenvalue weighted by Gasteiger charge is -2.16. The van der Waals surface area contributed by atoms with Crippen LogP contribution in [0.15, 0.2) is 24.3 Å². The molecule has 0 atom stereocenters. The summed E-state index contributed by atoms with van der Waals surface area (Å²) < 4.78 is 1.96. The Morgan fingerprint density at radius 1 is 1.24 bits per heavy atom. The van der Waals surface area contributed by atoms with Gasteiger partial charge in [0.15, 0.2) is 0 Å². The molecule has 0 bridgehead atoms. The van der Waals surface area contributed by atoms with E-state index in [1.54, 1.807) is 0 Å². The zero-order valence-electron chi connectivity index (χ0n) is 12.7. The molecule has 0 spiro atoms. The minimum absolute atomic E-state index is 0. The molecule has 0 radical (unpaired) electrons. The Balaban J connectivity index is 0.00000161. The second-order valence-electron chi connectivity index (χ2n) is 5.88. The van der Waals surface area contributed by atoms with Crippen molar-refractivity contribution in [3.63, 3.8) is 0 Å². The van der Waals surface area contributed by atoms with Gasteiger partial charge in [0, 0.05) is 23.5 Å². The quantitative estimate of drug-likeness (QED) is 0.937. The van der Waals surface area contributed by atoms with E-state index < -0.39 is 0 Å². The molecule has 1 aromatic heterocycles. The molecule has 1 aliphatic rings. The second-order valence-corrected chi connectivity index (χ2v) is 5.88. The molecule has 0 saturated carbocycles. The highest BCUT2D eigenvalue weighted by Crippen LogP contribution is 2.30. The van der Waals surface area contributed by atoms with Gasteiger partial charge in [0.2, 0.25) is 5.91 Å². The van der Waals surface area contributed by atoms with Gasteiger partial charge in [0.25, 0.3) is 0 Å². The lowest BCUT2D eigenvalue weighted by Crippen LogP contribution is -2.25. The molecule has 0 fully saturated rings. The van der Waals surface area contributed by atoms with Gasteiger partial charge >= 0.3 is 0 Å². The fraction of sp³-hybridized carbons (Fsp3) is 0.471. The van der Waals surface area contributed by atoms with Crippen LogP contribution in [0.25, 0.3) is 10.9 Å². The van der Waals surface area contributed by atoms with Gasteiger partial charge in [-0.15, -0.1) is 12.4 Å². The van der Waals surface area contributed by atoms with Gasteiger partial charge in [-0.25, -0.2) is 0 Å². The highest BCUT2D eigenvalue weighted by molar-refractivity contribution is 5.96. The Morgan fingerprint density at radius 2 is 2.00 bits per heavy atom. The number of carbonyl (C=O) groups excluding carboxylic acids is 1. The summed E-state index contributed by atoms with van der Waals surface area (Å²) >= 11 is 0. The van der Waals surface area contributed by atoms with Crippen LogP contribution in [0.3, 0.4) is 0 Å². The fourth-order valence-electron chi connectivity index (χ4n) is 3.19. The highest BCUT2D eigenvalue weighted by atomic mass is 35.5. The Labute approximate surface area is 132 Å². The van der Waals surface area contributed by atoms with E-state index >= 15 is 0 Å². The van der Waals surface area contributed by atoms with E-state index in [0.29, 0.717) is 12.5 Å². The largest absolute Gasteiger partial charge is 0.314 e. The van der Waals surface area contributed by atoms with Crippen molar-refractivity contribution in [3.05, 3.63) is 35.5 Å². The monoisotopic (exact) mass is 306 g/mol. The Kier molecular flexibility index (Phi) is 5.07. The van der Waals surface area contributed by atoms with E-state index in [9.17, 15) is 4.79 Å². The number of halogens is 1. The maximum atomic E-state index is 12.2. The summed E-state index contributed by atoms with van der Waals surface area (Å²) in [6, 6.07) is 8.81. The predicted molar refractivity (Wildman–Crippen MR) is 89.6 cm³/mol. The number of carbonyl (C=O) groups is 1. The Hall–Kier alpha value is -1.32. The SMILES string of the molecule is CC(C)NCCc1c2n(c3ccccc13)C(=O)CCC2.Cl. The molecule has 0 amide bonds. The van der Waals surface area contributed by atoms with Crippen LogP contribution in [0.4, 0.5) is 0 Å². The maximum Gasteiger partial charge on any atom is 0.231 e. The molecule has 0 unspecified atom stereocenters. The van der Waals surface area contributed by atoms with Crippen molar-refractivity contribution in [3.8, 4) is 0 Å². The summed E-state index contributed by atoms with van der Waals surface area (Å²) in [5.41, 5.74) is 3.70. The van der Waals surface area contributed by atoms with Crippen molar-refractivity contribution in [1.29, 1.82) is 0 Å². The number of fused-ring (bicyclic) bond motifs is 3. The van der Waals surface area contributed by atoms with Crippen LogP contribution in [0.2, 0.25) is 0 Å². The molecular weight excluding hydrogens is 284 g/mol. The lowest BCUT2D eigenvalue weighted by atomic mass is 10.0. The second kappa shape index (κ2) is 6.63. The van der Waals surface area contributed by atoms with Crippen LogP contribution >= 0.6 is 12.4 Å². The summed E-state index contributed by atoms with van der Waals surface area (Å²) in [6.45, 7) is 5.29. The summed E-state index contributed by atoms with van der Waals surface area (Å²) in [4.78, 5) is 12.2. The van der Waals surface area contributed by atoms with Gasteiger partial charge in [0.05, 0.1) is 5.52 Å². The molecule has 4 heteroatoms. The van der Waals surface area contributed by atoms with Crippen LogP contribution < -0.4 is 5.32 Å². The predicted octanol–water partition coefficient (Wildman–Crippen LogP) is 3.58. The van der Waals surface area contributed by atoms with Gasteiger partial charge in [-0.1, -0.05) is 32.0 Å². The van der Waals surface area contributed by atoms with Gasteiger partial charge in [0.1, 0.15) is 0 Å². The number of para-hydroxylation sites is 1. The van der Waals surface area contributed by atoms with E-state index in [2.05, 4.69) is 37.4 Å². The molecule has 1 aromatic carbocycles. The molecule has 21 heavy (non-hydrogen) atoms. The van der Waals surface area contributed by atoms with Crippen molar-refractivity contribution in [2.75, 3.05) is 6.54 Å². The molecule has 0 saturated heterocycles. The molecule has 2 heterocycles. The third-order valence-electron chi connectivity index (χ3n) is 4.07. The first-order chi connectivity index (χ1) is 9.68. The normalized spacial score (nSPS) is 14.3. The van der Waals surface area contributed by atoms with Crippen LogP contribution in [-0.2, 0) is 12.8 Å². The average Bonchev–Trinajstić information content (AvgIpc) is 2.75. The molecule has 1 N–H and O–H groups in total. The summed E-state index contributed by atoms with van der Waals surface area (Å²) in [5, 5.41) is 4.73. The summed E-state index contributed by atoms with van der Waals surface area (Å²) in [6.07, 6.45) is 3.68. The number of rotatable bonds is 4. The van der Waals surface area contributed by atoms with Gasteiger partial charge in [-0.05, 0) is 37.4 Å². The third kappa shape index (κ3) is 2.99. The first kappa shape index (κ1) is 16.1. The molecular formula is C17H23ClN2O. The van der Waals surface area contributed by atoms with Crippen LogP contribution in [0.1, 0.15) is 42.7 Å². The van der Waals surface area contributed by atoms with E-state index in [0.717, 1.165) is 31.3 Å². The number of hydrogen-bond donors (Lipinski definition) is 1. The number of hydrogen-bond acceptors (Lipinski definition) is 2. The molecule has 1 aliphatic heterocycles. The van der Waals surface area contributed by atoms with Crippen molar-refractivity contribution in [2.24, 2.45) is 0 Å². The van der Waals surface area contributed by atoms with Crippen LogP contribution in [0, 0.1) is 0 Å². The van der Waals surface area contributed by atoms with Crippen molar-refractivity contribution in [2.45, 2.75) is 45.6 Å². The molecule has 3 rings (SSSR count). The van der Waals surface area contributed by atoms with E-state index in [-0.39, 0.29) is 18.3 Å². The first-order valence-corrected chi connectivity index (χ1v) is 7.56. The molecule has 114 valence electrons. The minimum atomic E-state index is 0. The van der Waals surface area contributed by atoms with Crippen molar-refractivity contribution >= 4 is 29.2 Å². The van der Waals surface area contributed by atoms with Gasteiger partial charge in [-0.2, -0.15) is 0 Å². The smallest absolute Gasteiger partial charge is 0.231 e. The maximum absolute atomic E-state index is 12.2. The van der Waals surface area contributed by atoms with Crippen molar-refractivity contribution in [1.82, 2.24) is 9.88 Å². The number of benzene rings is 1. The number of nitrogens with one attached hydrogen (secondary N) is 1. The van der Waals surface area contributed by atoms with E-state index in [1.165, 1.54) is 16.6 Å². The summed E-state index contributed by atoms with van der Waals surface area (Å²) in [7, 11) is 0. The number of aromatic nitrogens is 1. The molecule has 0 aliphatic carbocycles. The topological polar surface area (TPSA) is 34.0 Å². The lowest BCUT2D eigenvalue weighted by molar-refractivity contribution is 0.0889. The standard InChI is InChI=1S/C17H22N2O.ClH/c1-12(2)18-11-10-14-13-6-3-4-7-15(13)19-16(14)8-5-9-17(19)20;/h3-4,6-7,12,18H,5,8-11H2,1-2H3;1H. The van der Waals surface area contributed by atoms with E-state index in [1.807, 2.05) is 10.6 Å².